The first-order valence-electron chi connectivity index (χ1n) is 7.27. The minimum Gasteiger partial charge on any atom is -0.279 e. The van der Waals surface area contributed by atoms with Crippen molar-refractivity contribution >= 4 is 50.7 Å². The van der Waals surface area contributed by atoms with E-state index < -0.39 is 0 Å². The van der Waals surface area contributed by atoms with Gasteiger partial charge in [-0.1, -0.05) is 23.7 Å². The molecule has 122 valence electrons. The fraction of sp³-hybridized carbons (Fsp3) is 0.188. The van der Waals surface area contributed by atoms with E-state index in [4.69, 9.17) is 11.6 Å². The van der Waals surface area contributed by atoms with Crippen molar-refractivity contribution < 1.29 is 0 Å². The van der Waals surface area contributed by atoms with Gasteiger partial charge in [-0.2, -0.15) is 0 Å². The molecule has 0 saturated carbocycles. The number of thioether (sulfide) groups is 1. The maximum atomic E-state index is 12.3. The Bertz CT molecular complexity index is 1100. The van der Waals surface area contributed by atoms with Gasteiger partial charge < -0.3 is 0 Å². The van der Waals surface area contributed by atoms with Crippen LogP contribution in [-0.4, -0.2) is 19.2 Å². The molecule has 0 spiro atoms. The summed E-state index contributed by atoms with van der Waals surface area (Å²) in [6.45, 7) is 0. The number of hydrogen-bond acceptors (Lipinski definition) is 5. The molecule has 0 bridgehead atoms. The molecule has 24 heavy (non-hydrogen) atoms. The Labute approximate surface area is 150 Å². The maximum Gasteiger partial charge on any atom is 0.272 e. The summed E-state index contributed by atoms with van der Waals surface area (Å²) < 4.78 is 4.25. The molecule has 0 fully saturated rings. The third-order valence-corrected chi connectivity index (χ3v) is 5.91. The maximum absolute atomic E-state index is 12.3. The number of hydrogen-bond donors (Lipinski definition) is 0. The van der Waals surface area contributed by atoms with Gasteiger partial charge in [-0.3, -0.25) is 13.8 Å². The number of aromatic nitrogens is 4. The summed E-state index contributed by atoms with van der Waals surface area (Å²) in [6, 6.07) is 9.80. The lowest BCUT2D eigenvalue weighted by Gasteiger charge is -2.05. The van der Waals surface area contributed by atoms with Crippen LogP contribution in [0, 0.1) is 0 Å². The number of benzene rings is 1. The Morgan fingerprint density at radius 2 is 2.12 bits per heavy atom. The number of nitrogens with zero attached hydrogens (tertiary/aromatic N) is 4. The molecule has 0 saturated heterocycles. The highest BCUT2D eigenvalue weighted by atomic mass is 35.5. The van der Waals surface area contributed by atoms with Crippen LogP contribution in [0.5, 0.6) is 0 Å². The van der Waals surface area contributed by atoms with E-state index in [9.17, 15) is 4.79 Å². The van der Waals surface area contributed by atoms with Gasteiger partial charge in [0.25, 0.3) is 5.56 Å². The number of fused-ring (bicyclic) bond motifs is 3. The van der Waals surface area contributed by atoms with Crippen molar-refractivity contribution in [1.29, 1.82) is 0 Å². The molecule has 0 amide bonds. The minimum atomic E-state index is -0.0296. The van der Waals surface area contributed by atoms with Gasteiger partial charge in [-0.25, -0.2) is 0 Å². The zero-order valence-electron chi connectivity index (χ0n) is 12.8. The highest BCUT2D eigenvalue weighted by molar-refractivity contribution is 7.97. The molecule has 4 aromatic rings. The second kappa shape index (κ2) is 6.23. The van der Waals surface area contributed by atoms with Gasteiger partial charge in [-0.15, -0.1) is 33.3 Å². The van der Waals surface area contributed by atoms with E-state index in [-0.39, 0.29) is 5.56 Å². The minimum absolute atomic E-state index is 0.0296. The van der Waals surface area contributed by atoms with Crippen LogP contribution < -0.4 is 5.56 Å². The van der Waals surface area contributed by atoms with E-state index >= 15 is 0 Å². The predicted molar refractivity (Wildman–Crippen MR) is 100 cm³/mol. The van der Waals surface area contributed by atoms with Crippen molar-refractivity contribution in [3.63, 3.8) is 0 Å². The highest BCUT2D eigenvalue weighted by Crippen LogP contribution is 2.23. The molecule has 0 N–H and O–H groups in total. The largest absolute Gasteiger partial charge is 0.279 e. The molecule has 4 rings (SSSR count). The molecular formula is C16H13ClN4OS2. The van der Waals surface area contributed by atoms with E-state index in [1.54, 1.807) is 23.4 Å². The van der Waals surface area contributed by atoms with Crippen LogP contribution in [0.25, 0.3) is 16.0 Å². The molecule has 0 unspecified atom stereocenters. The fourth-order valence-electron chi connectivity index (χ4n) is 2.63. The smallest absolute Gasteiger partial charge is 0.272 e. The van der Waals surface area contributed by atoms with Gasteiger partial charge >= 0.3 is 0 Å². The normalized spacial score (nSPS) is 11.6. The molecule has 0 aliphatic rings. The monoisotopic (exact) mass is 376 g/mol. The van der Waals surface area contributed by atoms with Crippen LogP contribution in [0.3, 0.4) is 0 Å². The summed E-state index contributed by atoms with van der Waals surface area (Å²) >= 11 is 9.21. The quantitative estimate of drug-likeness (QED) is 0.544. The van der Waals surface area contributed by atoms with Gasteiger partial charge in [0.2, 0.25) is 5.78 Å². The van der Waals surface area contributed by atoms with Crippen molar-refractivity contribution in [3.8, 4) is 0 Å². The first-order chi connectivity index (χ1) is 11.6. The van der Waals surface area contributed by atoms with Crippen LogP contribution in [0.15, 0.2) is 40.5 Å². The van der Waals surface area contributed by atoms with Crippen molar-refractivity contribution in [2.75, 3.05) is 0 Å². The second-order valence-electron chi connectivity index (χ2n) is 5.37. The Morgan fingerprint density at radius 1 is 1.25 bits per heavy atom. The van der Waals surface area contributed by atoms with Crippen LogP contribution in [0.2, 0.25) is 5.02 Å². The predicted octanol–water partition coefficient (Wildman–Crippen LogP) is 3.73. The summed E-state index contributed by atoms with van der Waals surface area (Å²) in [6.07, 6.45) is 0. The molecule has 3 aromatic heterocycles. The van der Waals surface area contributed by atoms with E-state index in [1.807, 2.05) is 34.0 Å². The molecule has 8 heteroatoms. The number of aryl methyl sites for hydroxylation is 1. The van der Waals surface area contributed by atoms with E-state index in [0.29, 0.717) is 11.5 Å². The van der Waals surface area contributed by atoms with Crippen molar-refractivity contribution in [2.45, 2.75) is 11.5 Å². The Morgan fingerprint density at radius 3 is 2.96 bits per heavy atom. The zero-order chi connectivity index (χ0) is 16.7. The van der Waals surface area contributed by atoms with E-state index in [0.717, 1.165) is 26.8 Å². The fourth-order valence-corrected chi connectivity index (χ4v) is 4.58. The third kappa shape index (κ3) is 2.62. The number of halogens is 1. The van der Waals surface area contributed by atoms with Crippen molar-refractivity contribution in [1.82, 2.24) is 19.2 Å². The van der Waals surface area contributed by atoms with Gasteiger partial charge in [-0.05, 0) is 29.1 Å². The highest BCUT2D eigenvalue weighted by Gasteiger charge is 2.15. The van der Waals surface area contributed by atoms with Crippen LogP contribution in [0.1, 0.15) is 11.4 Å². The van der Waals surface area contributed by atoms with Gasteiger partial charge in [0.15, 0.2) is 0 Å². The molecule has 0 radical (unpaired) electrons. The summed E-state index contributed by atoms with van der Waals surface area (Å²) in [7, 11) is 1.73. The average molecular weight is 377 g/mol. The topological polar surface area (TPSA) is 52.2 Å². The summed E-state index contributed by atoms with van der Waals surface area (Å²) in [5, 5.41) is 11.2. The molecule has 0 atom stereocenters. The van der Waals surface area contributed by atoms with Crippen LogP contribution in [-0.2, 0) is 18.6 Å². The third-order valence-electron chi connectivity index (χ3n) is 3.79. The Hall–Kier alpha value is -1.83. The van der Waals surface area contributed by atoms with Crippen LogP contribution in [0.4, 0.5) is 0 Å². The number of thiophene rings is 1. The molecule has 1 aromatic carbocycles. The van der Waals surface area contributed by atoms with E-state index in [2.05, 4.69) is 16.3 Å². The summed E-state index contributed by atoms with van der Waals surface area (Å²) in [4.78, 5) is 12.3. The lowest BCUT2D eigenvalue weighted by atomic mass is 10.2. The summed E-state index contributed by atoms with van der Waals surface area (Å²) in [5.41, 5.74) is 2.02. The van der Waals surface area contributed by atoms with Crippen LogP contribution >= 0.6 is 34.7 Å². The molecule has 5 nitrogen and oxygen atoms in total. The van der Waals surface area contributed by atoms with Gasteiger partial charge in [0, 0.05) is 17.8 Å². The molecule has 0 aliphatic carbocycles. The van der Waals surface area contributed by atoms with Crippen molar-refractivity contribution in [3.05, 3.63) is 62.5 Å². The zero-order valence-corrected chi connectivity index (χ0v) is 15.2. The average Bonchev–Trinajstić information content (AvgIpc) is 3.19. The molecule has 0 aliphatic heterocycles. The number of rotatable bonds is 4. The Balaban J connectivity index is 1.67. The standard InChI is InChI=1S/C16H13ClN4OS2/c1-20-15(22)14-12(5-6-24-14)21-13(18-19-16(20)21)9-23-8-10-3-2-4-11(17)7-10/h2-7H,8-9H2,1H3. The van der Waals surface area contributed by atoms with Gasteiger partial charge in [0.1, 0.15) is 10.5 Å². The second-order valence-corrected chi connectivity index (χ2v) is 7.71. The molecule has 3 heterocycles. The first-order valence-corrected chi connectivity index (χ1v) is 9.69. The van der Waals surface area contributed by atoms with Crippen molar-refractivity contribution in [2.24, 2.45) is 7.05 Å². The van der Waals surface area contributed by atoms with E-state index in [1.165, 1.54) is 16.9 Å². The Kier molecular flexibility index (Phi) is 4.07. The first kappa shape index (κ1) is 15.7. The van der Waals surface area contributed by atoms with Gasteiger partial charge in [0.05, 0.1) is 11.3 Å². The SMILES string of the molecule is Cn1c(=O)c2sccc2n2c(CSCc3cccc(Cl)c3)nnc12. The lowest BCUT2D eigenvalue weighted by molar-refractivity contribution is 0.860. The lowest BCUT2D eigenvalue weighted by Crippen LogP contribution is -2.19. The molecular weight excluding hydrogens is 364 g/mol. The summed E-state index contributed by atoms with van der Waals surface area (Å²) in [5.74, 6) is 2.96.